The zero-order valence-electron chi connectivity index (χ0n) is 34.6. The summed E-state index contributed by atoms with van der Waals surface area (Å²) < 4.78 is 0. The molecule has 0 fully saturated rings. The minimum Gasteiger partial charge on any atom is -0.507 e. The number of hydrogen-bond acceptors (Lipinski definition) is 12. The molecule has 14 nitrogen and oxygen atoms in total. The van der Waals surface area contributed by atoms with Crippen molar-refractivity contribution in [2.75, 3.05) is 20.1 Å². The molecule has 2 amide bonds. The lowest BCUT2D eigenvalue weighted by Gasteiger charge is -2.32. The summed E-state index contributed by atoms with van der Waals surface area (Å²) in [4.78, 5) is 84.4. The van der Waals surface area contributed by atoms with E-state index < -0.39 is 53.1 Å². The second kappa shape index (κ2) is 20.5. The zero-order valence-corrected chi connectivity index (χ0v) is 35.3. The van der Waals surface area contributed by atoms with E-state index in [0.29, 0.717) is 47.5 Å². The number of hydrogen-bond donors (Lipinski definition) is 4. The van der Waals surface area contributed by atoms with Gasteiger partial charge in [-0.2, -0.15) is 5.11 Å². The summed E-state index contributed by atoms with van der Waals surface area (Å²) in [6.07, 6.45) is 0.569. The molecule has 0 saturated heterocycles. The maximum atomic E-state index is 14.6. The summed E-state index contributed by atoms with van der Waals surface area (Å²) in [5, 5.41) is 36.5. The fourth-order valence-corrected chi connectivity index (χ4v) is 7.93. The SMILES string of the molecule is C[C@@H]1CC(=O)[C@@H](N(C)C(=O)[C@H](CCCCN)CC(=O)c2ccc(-c3ccc(Cl)cc3)cc2)c2ccc(O)c(c2)-c2cc(ccc2O)C[C@@H](C(=O)CCC(=O)C2=NN=NC2)NC1=O. The van der Waals surface area contributed by atoms with Gasteiger partial charge in [-0.1, -0.05) is 73.5 Å². The number of nitrogens with zero attached hydrogens (tertiary/aromatic N) is 4. The van der Waals surface area contributed by atoms with Crippen LogP contribution in [0.2, 0.25) is 5.02 Å². The molecule has 4 atom stereocenters. The van der Waals surface area contributed by atoms with Crippen molar-refractivity contribution in [2.45, 2.75) is 70.4 Å². The highest BCUT2D eigenvalue weighted by Gasteiger charge is 2.36. The van der Waals surface area contributed by atoms with Crippen LogP contribution in [0, 0.1) is 11.8 Å². The summed E-state index contributed by atoms with van der Waals surface area (Å²) >= 11 is 6.06. The molecule has 15 heteroatoms. The minimum atomic E-state index is -1.28. The molecule has 0 aromatic heterocycles. The first-order valence-corrected chi connectivity index (χ1v) is 20.9. The van der Waals surface area contributed by atoms with Gasteiger partial charge in [0.2, 0.25) is 11.8 Å². The highest BCUT2D eigenvalue weighted by Crippen LogP contribution is 2.40. The van der Waals surface area contributed by atoms with Gasteiger partial charge in [0.15, 0.2) is 23.1 Å². The molecule has 62 heavy (non-hydrogen) atoms. The number of nitrogens with two attached hydrogens (primary N) is 1. The number of carbonyl (C=O) groups excluding carboxylic acids is 6. The van der Waals surface area contributed by atoms with Crippen LogP contribution in [0.15, 0.2) is 100 Å². The van der Waals surface area contributed by atoms with Crippen molar-refractivity contribution < 1.29 is 39.0 Å². The highest BCUT2D eigenvalue weighted by molar-refractivity contribution is 6.41. The van der Waals surface area contributed by atoms with E-state index in [0.717, 1.165) is 11.1 Å². The first-order chi connectivity index (χ1) is 29.7. The molecule has 0 unspecified atom stereocenters. The number of ketones is 4. The van der Waals surface area contributed by atoms with E-state index in [1.807, 2.05) is 24.3 Å². The number of aromatic hydroxyl groups is 2. The van der Waals surface area contributed by atoms with Crippen LogP contribution in [0.3, 0.4) is 0 Å². The Kier molecular flexibility index (Phi) is 14.9. The Morgan fingerprint density at radius 3 is 2.18 bits per heavy atom. The number of nitrogens with one attached hydrogen (secondary N) is 1. The van der Waals surface area contributed by atoms with Gasteiger partial charge in [-0.05, 0) is 89.7 Å². The fraction of sp³-hybridized carbons (Fsp3) is 0.340. The van der Waals surface area contributed by atoms with Crippen LogP contribution in [-0.4, -0.2) is 82.0 Å². The fourth-order valence-electron chi connectivity index (χ4n) is 7.80. The number of carbonyl (C=O) groups is 6. The molecule has 2 heterocycles. The van der Waals surface area contributed by atoms with Crippen molar-refractivity contribution in [3.05, 3.63) is 107 Å². The Hall–Kier alpha value is -6.38. The molecule has 4 aromatic carbocycles. The predicted molar refractivity (Wildman–Crippen MR) is 234 cm³/mol. The Bertz CT molecular complexity index is 2420. The van der Waals surface area contributed by atoms with Crippen molar-refractivity contribution in [1.29, 1.82) is 0 Å². The summed E-state index contributed by atoms with van der Waals surface area (Å²) in [7, 11) is 1.47. The van der Waals surface area contributed by atoms with E-state index in [1.165, 1.54) is 36.2 Å². The lowest BCUT2D eigenvalue weighted by molar-refractivity contribution is -0.142. The Morgan fingerprint density at radius 2 is 1.52 bits per heavy atom. The van der Waals surface area contributed by atoms with Crippen molar-refractivity contribution in [3.63, 3.8) is 0 Å². The van der Waals surface area contributed by atoms with E-state index >= 15 is 0 Å². The molecule has 2 aliphatic rings. The van der Waals surface area contributed by atoms with Crippen LogP contribution in [0.4, 0.5) is 0 Å². The Balaban J connectivity index is 1.30. The zero-order chi connectivity index (χ0) is 44.5. The average Bonchev–Trinajstić information content (AvgIpc) is 3.81. The summed E-state index contributed by atoms with van der Waals surface area (Å²) in [5.41, 5.74) is 9.34. The lowest BCUT2D eigenvalue weighted by Crippen LogP contribution is -2.46. The smallest absolute Gasteiger partial charge is 0.226 e. The molecule has 322 valence electrons. The largest absolute Gasteiger partial charge is 0.507 e. The van der Waals surface area contributed by atoms with Crippen LogP contribution >= 0.6 is 11.6 Å². The van der Waals surface area contributed by atoms with Crippen LogP contribution in [0.5, 0.6) is 11.5 Å². The topological polar surface area (TPSA) is 221 Å². The van der Waals surface area contributed by atoms with Gasteiger partial charge < -0.3 is 26.2 Å². The number of rotatable bonds is 15. The molecule has 0 radical (unpaired) electrons. The number of phenols is 2. The van der Waals surface area contributed by atoms with Gasteiger partial charge >= 0.3 is 0 Å². The first kappa shape index (κ1) is 45.2. The van der Waals surface area contributed by atoms with Crippen LogP contribution in [0.25, 0.3) is 22.3 Å². The Labute approximate surface area is 364 Å². The van der Waals surface area contributed by atoms with Gasteiger partial charge in [-0.25, -0.2) is 0 Å². The standard InChI is InChI=1S/C47H49ClN6O8/c1-27-21-44(60)45(54(2)47(62)33(5-3-4-20-49)25-43(59)31-9-7-29(8-10-31)30-11-14-34(48)15-12-30)32-13-17-40(56)36(24-32)35-22-28(6-16-39(35)55)23-37(51-46(27)61)41(57)18-19-42(58)38-26-50-53-52-38/h6-17,22,24,27,33,37,45,55-56H,3-5,18-21,23,25-26,49H2,1-2H3,(H,51,61)/t27-,33-,37+,45+/m1/s1. The molecule has 0 saturated carbocycles. The number of benzene rings is 4. The number of unbranched alkanes of at least 4 members (excludes halogenated alkanes) is 1. The third-order valence-corrected chi connectivity index (χ3v) is 11.6. The van der Waals surface area contributed by atoms with Gasteiger partial charge in [0, 0.05) is 66.3 Å². The van der Waals surface area contributed by atoms with Crippen LogP contribution in [-0.2, 0) is 30.4 Å². The second-order valence-electron chi connectivity index (χ2n) is 15.8. The molecular formula is C47H49ClN6O8. The number of likely N-dealkylation sites (N-methyl/N-ethyl adjacent to an activating group) is 1. The molecule has 0 spiro atoms. The molecule has 6 rings (SSSR count). The van der Waals surface area contributed by atoms with E-state index in [4.69, 9.17) is 17.3 Å². The maximum Gasteiger partial charge on any atom is 0.226 e. The summed E-state index contributed by atoms with van der Waals surface area (Å²) in [6, 6.07) is 21.0. The number of fused-ring (bicyclic) bond motifs is 5. The molecule has 2 aliphatic heterocycles. The predicted octanol–water partition coefficient (Wildman–Crippen LogP) is 6.98. The lowest BCUT2D eigenvalue weighted by atomic mass is 9.87. The third kappa shape index (κ3) is 10.9. The van der Waals surface area contributed by atoms with Crippen molar-refractivity contribution in [1.82, 2.24) is 10.2 Å². The van der Waals surface area contributed by atoms with E-state index in [2.05, 4.69) is 20.8 Å². The third-order valence-electron chi connectivity index (χ3n) is 11.4. The van der Waals surface area contributed by atoms with Gasteiger partial charge in [-0.3, -0.25) is 28.8 Å². The monoisotopic (exact) mass is 860 g/mol. The number of Topliss-reactive ketones (excluding diaryl/α,β-unsaturated/α-hetero) is 4. The minimum absolute atomic E-state index is 0.0185. The first-order valence-electron chi connectivity index (χ1n) is 20.6. The Morgan fingerprint density at radius 1 is 0.855 bits per heavy atom. The van der Waals surface area contributed by atoms with E-state index in [9.17, 15) is 39.0 Å². The normalized spacial score (nSPS) is 18.0. The quantitative estimate of drug-likeness (QED) is 0.0714. The van der Waals surface area contributed by atoms with E-state index in [1.54, 1.807) is 43.3 Å². The summed E-state index contributed by atoms with van der Waals surface area (Å²) in [5.74, 6) is -4.91. The molecule has 5 N–H and O–H groups in total. The van der Waals surface area contributed by atoms with Gasteiger partial charge in [0.1, 0.15) is 29.8 Å². The van der Waals surface area contributed by atoms with Crippen LogP contribution in [0.1, 0.15) is 79.4 Å². The van der Waals surface area contributed by atoms with Gasteiger partial charge in [0.25, 0.3) is 0 Å². The molecule has 4 aromatic rings. The van der Waals surface area contributed by atoms with Crippen molar-refractivity contribution in [2.24, 2.45) is 33.0 Å². The highest BCUT2D eigenvalue weighted by atomic mass is 35.5. The summed E-state index contributed by atoms with van der Waals surface area (Å²) in [6.45, 7) is 1.95. The van der Waals surface area contributed by atoms with Gasteiger partial charge in [0.05, 0.1) is 6.04 Å². The van der Waals surface area contributed by atoms with E-state index in [-0.39, 0.29) is 72.8 Å². The second-order valence-corrected chi connectivity index (χ2v) is 16.3. The molecule has 4 bridgehead atoms. The van der Waals surface area contributed by atoms with Crippen molar-refractivity contribution >= 4 is 52.3 Å². The maximum absolute atomic E-state index is 14.6. The number of phenolic OH excluding ortho intramolecular Hbond substituents is 2. The number of halogens is 1. The number of amides is 2. The molecular weight excluding hydrogens is 812 g/mol. The van der Waals surface area contributed by atoms with Crippen LogP contribution < -0.4 is 11.1 Å². The van der Waals surface area contributed by atoms with Crippen molar-refractivity contribution in [3.8, 4) is 33.8 Å². The van der Waals surface area contributed by atoms with Gasteiger partial charge in [-0.15, -0.1) is 5.10 Å². The average molecular weight is 861 g/mol. The molecule has 0 aliphatic carbocycles.